The van der Waals surface area contributed by atoms with Crippen LogP contribution in [0.5, 0.6) is 0 Å². The number of halogens is 3. The van der Waals surface area contributed by atoms with Crippen molar-refractivity contribution in [1.82, 2.24) is 21.3 Å². The van der Waals surface area contributed by atoms with E-state index in [1.165, 1.54) is 48.5 Å². The molecule has 1 aliphatic rings. The number of carbonyl (C=O) groups excluding carboxylic acids is 3. The highest BCUT2D eigenvalue weighted by Gasteiger charge is 2.38. The molecule has 0 aliphatic carbocycles. The van der Waals surface area contributed by atoms with Crippen LogP contribution in [0.4, 0.5) is 34.1 Å². The number of benzene rings is 2. The summed E-state index contributed by atoms with van der Waals surface area (Å²) in [6.07, 6.45) is -5.66. The van der Waals surface area contributed by atoms with Gasteiger partial charge in [0.05, 0.1) is 9.85 Å². The van der Waals surface area contributed by atoms with Gasteiger partial charge < -0.3 is 25.2 Å². The number of nitro groups is 2. The second kappa shape index (κ2) is 19.0. The minimum atomic E-state index is -5.08. The number of hydrogen-bond donors (Lipinski definition) is 5. The van der Waals surface area contributed by atoms with Crippen molar-refractivity contribution in [3.63, 3.8) is 0 Å². The molecule has 0 aromatic heterocycles. The Balaban J connectivity index is 0.00000103. The second-order valence-corrected chi connectivity index (χ2v) is 9.64. The van der Waals surface area contributed by atoms with E-state index < -0.39 is 34.2 Å². The molecule has 1 fully saturated rings. The Morgan fingerprint density at radius 1 is 0.896 bits per heavy atom. The summed E-state index contributed by atoms with van der Waals surface area (Å²) in [5.41, 5.74) is 0.752. The summed E-state index contributed by atoms with van der Waals surface area (Å²) in [5.74, 6) is -3.18. The van der Waals surface area contributed by atoms with Gasteiger partial charge in [-0.3, -0.25) is 40.6 Å². The Kier molecular flexibility index (Phi) is 15.1. The minimum Gasteiger partial charge on any atom is -0.475 e. The molecule has 2 aromatic carbocycles. The van der Waals surface area contributed by atoms with Gasteiger partial charge in [-0.2, -0.15) is 13.2 Å². The summed E-state index contributed by atoms with van der Waals surface area (Å²) in [4.78, 5) is 70.3. The number of carbonyl (C=O) groups is 4. The van der Waals surface area contributed by atoms with Gasteiger partial charge in [0.25, 0.3) is 11.4 Å². The first-order valence-electron chi connectivity index (χ1n) is 13.8. The summed E-state index contributed by atoms with van der Waals surface area (Å²) in [7, 11) is 0. The lowest BCUT2D eigenvalue weighted by Crippen LogP contribution is -2.44. The van der Waals surface area contributed by atoms with Crippen LogP contribution in [0.3, 0.4) is 0 Å². The van der Waals surface area contributed by atoms with Crippen molar-refractivity contribution < 1.29 is 56.8 Å². The van der Waals surface area contributed by atoms with E-state index >= 15 is 0 Å². The van der Waals surface area contributed by atoms with Crippen molar-refractivity contribution >= 4 is 41.4 Å². The maximum Gasteiger partial charge on any atom is 0.490 e. The highest BCUT2D eigenvalue weighted by molar-refractivity contribution is 6.01. The predicted octanol–water partition coefficient (Wildman–Crippen LogP) is 2.90. The lowest BCUT2D eigenvalue weighted by atomic mass is 10.2. The zero-order valence-electron chi connectivity index (χ0n) is 24.9. The van der Waals surface area contributed by atoms with Gasteiger partial charge in [0.2, 0.25) is 11.9 Å². The molecule has 0 spiro atoms. The van der Waals surface area contributed by atoms with Crippen molar-refractivity contribution in [2.24, 2.45) is 4.99 Å². The van der Waals surface area contributed by atoms with Crippen molar-refractivity contribution in [2.75, 3.05) is 19.6 Å². The van der Waals surface area contributed by atoms with E-state index in [9.17, 15) is 47.8 Å². The smallest absolute Gasteiger partial charge is 0.475 e. The Morgan fingerprint density at radius 2 is 1.35 bits per heavy atom. The quantitative estimate of drug-likeness (QED) is 0.0753. The molecule has 0 saturated carbocycles. The molecule has 1 saturated heterocycles. The van der Waals surface area contributed by atoms with Crippen molar-refractivity contribution in [3.8, 4) is 0 Å². The SMILES string of the molecule is O=C(CCCN=C(NC(=O)OCc1ccc([N+](=O)[O-])cc1)NC(=O)OCc1ccc([N+](=O)[O-])cc1)N[C@H]1CCNC1.O=C(O)C(F)(F)F. The molecule has 1 atom stereocenters. The van der Waals surface area contributed by atoms with E-state index in [1.807, 2.05) is 0 Å². The fourth-order valence-corrected chi connectivity index (χ4v) is 3.61. The van der Waals surface area contributed by atoms with Gasteiger partial charge in [-0.25, -0.2) is 14.4 Å². The van der Waals surface area contributed by atoms with Crippen LogP contribution >= 0.6 is 0 Å². The summed E-state index contributed by atoms with van der Waals surface area (Å²) >= 11 is 0. The molecule has 21 heteroatoms. The Bertz CT molecular complexity index is 1390. The fourth-order valence-electron chi connectivity index (χ4n) is 3.61. The molecule has 0 radical (unpaired) electrons. The van der Waals surface area contributed by atoms with E-state index in [-0.39, 0.29) is 55.5 Å². The lowest BCUT2D eigenvalue weighted by Gasteiger charge is -2.12. The van der Waals surface area contributed by atoms with Crippen molar-refractivity contribution in [3.05, 3.63) is 79.9 Å². The number of carboxylic acids is 1. The molecule has 3 rings (SSSR count). The van der Waals surface area contributed by atoms with Gasteiger partial charge in [-0.05, 0) is 54.8 Å². The minimum absolute atomic E-state index is 0.0803. The van der Waals surface area contributed by atoms with Crippen LogP contribution in [-0.2, 0) is 32.3 Å². The summed E-state index contributed by atoms with van der Waals surface area (Å²) in [5, 5.41) is 39.3. The molecule has 0 bridgehead atoms. The molecule has 2 aromatic rings. The maximum atomic E-state index is 12.3. The Hall–Kier alpha value is -5.86. The number of rotatable bonds is 11. The molecule has 1 heterocycles. The molecule has 18 nitrogen and oxygen atoms in total. The van der Waals surface area contributed by atoms with Gasteiger partial charge in [0.1, 0.15) is 13.2 Å². The van der Waals surface area contributed by atoms with Crippen LogP contribution in [-0.4, -0.2) is 76.8 Å². The van der Waals surface area contributed by atoms with Gasteiger partial charge in [0, 0.05) is 49.8 Å². The van der Waals surface area contributed by atoms with Crippen LogP contribution in [0.15, 0.2) is 53.5 Å². The fraction of sp³-hybridized carbons (Fsp3) is 0.370. The van der Waals surface area contributed by atoms with Gasteiger partial charge in [-0.15, -0.1) is 0 Å². The van der Waals surface area contributed by atoms with E-state index in [1.54, 1.807) is 0 Å². The Morgan fingerprint density at radius 3 is 1.73 bits per heavy atom. The van der Waals surface area contributed by atoms with Gasteiger partial charge in [-0.1, -0.05) is 0 Å². The number of alkyl halides is 3. The maximum absolute atomic E-state index is 12.3. The van der Waals surface area contributed by atoms with Crippen molar-refractivity contribution in [2.45, 2.75) is 44.7 Å². The summed E-state index contributed by atoms with van der Waals surface area (Å²) in [6, 6.07) is 10.9. The number of nitrogens with one attached hydrogen (secondary N) is 4. The van der Waals surface area contributed by atoms with Gasteiger partial charge in [0.15, 0.2) is 0 Å². The number of guanidine groups is 1. The van der Waals surface area contributed by atoms with Crippen LogP contribution in [0.25, 0.3) is 0 Å². The second-order valence-electron chi connectivity index (χ2n) is 9.64. The first-order valence-corrected chi connectivity index (χ1v) is 13.8. The number of non-ortho nitro benzene ring substituents is 2. The van der Waals surface area contributed by atoms with E-state index in [0.717, 1.165) is 13.0 Å². The first-order chi connectivity index (χ1) is 22.6. The van der Waals surface area contributed by atoms with E-state index in [2.05, 4.69) is 26.3 Å². The monoisotopic (exact) mass is 685 g/mol. The van der Waals surface area contributed by atoms with Crippen LogP contribution < -0.4 is 21.3 Å². The van der Waals surface area contributed by atoms with E-state index in [0.29, 0.717) is 24.1 Å². The van der Waals surface area contributed by atoms with E-state index in [4.69, 9.17) is 19.4 Å². The number of carboxylic acid groups (broad SMARTS) is 1. The normalized spacial score (nSPS) is 13.5. The standard InChI is InChI=1S/C25H29N7O9.C2HF3O2/c33-22(28-19-11-13-26-14-19)2-1-12-27-23(29-24(34)40-15-17-3-7-20(8-4-17)31(36)37)30-25(35)41-16-18-5-9-21(10-6-18)32(38)39;3-2(4,5)1(6)7/h3-10,19,26H,1-2,11-16H2,(H,28,33)(H2,27,29,30,34,35);(H,6,7)/t19-;/m0./s1. The number of amides is 3. The Labute approximate surface area is 269 Å². The highest BCUT2D eigenvalue weighted by atomic mass is 19.4. The average Bonchev–Trinajstić information content (AvgIpc) is 3.54. The third-order valence-corrected chi connectivity index (χ3v) is 5.97. The molecule has 1 aliphatic heterocycles. The third kappa shape index (κ3) is 14.9. The highest BCUT2D eigenvalue weighted by Crippen LogP contribution is 2.14. The predicted molar refractivity (Wildman–Crippen MR) is 157 cm³/mol. The number of alkyl carbamates (subject to hydrolysis) is 2. The zero-order chi connectivity index (χ0) is 35.7. The van der Waals surface area contributed by atoms with Crippen LogP contribution in [0.1, 0.15) is 30.4 Å². The third-order valence-electron chi connectivity index (χ3n) is 5.97. The molecular formula is C27H30F3N7O11. The molecule has 3 amide bonds. The average molecular weight is 686 g/mol. The number of nitro benzene ring substituents is 2. The van der Waals surface area contributed by atoms with Crippen LogP contribution in [0, 0.1) is 20.2 Å². The molecule has 260 valence electrons. The number of aliphatic imine (C=N–C) groups is 1. The first kappa shape index (κ1) is 38.3. The summed E-state index contributed by atoms with van der Waals surface area (Å²) < 4.78 is 41.9. The topological polar surface area (TPSA) is 254 Å². The number of nitrogens with zero attached hydrogens (tertiary/aromatic N) is 3. The zero-order valence-corrected chi connectivity index (χ0v) is 24.9. The van der Waals surface area contributed by atoms with Crippen molar-refractivity contribution in [1.29, 1.82) is 0 Å². The van der Waals surface area contributed by atoms with Crippen LogP contribution in [0.2, 0.25) is 0 Å². The number of ether oxygens (including phenoxy) is 2. The van der Waals surface area contributed by atoms with Gasteiger partial charge >= 0.3 is 24.3 Å². The molecule has 48 heavy (non-hydrogen) atoms. The lowest BCUT2D eigenvalue weighted by molar-refractivity contribution is -0.385. The molecule has 5 N–H and O–H groups in total. The summed E-state index contributed by atoms with van der Waals surface area (Å²) in [6.45, 7) is 1.22. The molecule has 0 unspecified atom stereocenters. The largest absolute Gasteiger partial charge is 0.490 e. The molecular weight excluding hydrogens is 655 g/mol. The number of hydrogen-bond acceptors (Lipinski definition) is 12. The number of aliphatic carboxylic acids is 1.